The van der Waals surface area contributed by atoms with E-state index in [0.717, 1.165) is 48.5 Å². The van der Waals surface area contributed by atoms with Crippen LogP contribution in [0.4, 0.5) is 5.82 Å². The molecule has 4 heterocycles. The molecule has 0 unspecified atom stereocenters. The summed E-state index contributed by atoms with van der Waals surface area (Å²) >= 11 is 0. The number of nitrogens with zero attached hydrogens (tertiary/aromatic N) is 7. The number of aryl methyl sites for hydroxylation is 1. The van der Waals surface area contributed by atoms with Crippen molar-refractivity contribution in [3.63, 3.8) is 0 Å². The number of piperidine rings is 1. The van der Waals surface area contributed by atoms with Crippen molar-refractivity contribution < 1.29 is 0 Å². The van der Waals surface area contributed by atoms with Gasteiger partial charge in [0.05, 0.1) is 17.3 Å². The minimum absolute atomic E-state index is 0.00898. The van der Waals surface area contributed by atoms with Gasteiger partial charge >= 0.3 is 0 Å². The van der Waals surface area contributed by atoms with Gasteiger partial charge in [-0.25, -0.2) is 14.6 Å². The summed E-state index contributed by atoms with van der Waals surface area (Å²) in [6, 6.07) is 3.57. The molecule has 0 bridgehead atoms. The second-order valence-corrected chi connectivity index (χ2v) is 7.69. The average Bonchev–Trinajstić information content (AvgIpc) is 3.47. The smallest absolute Gasteiger partial charge is 0.266 e. The van der Waals surface area contributed by atoms with Crippen LogP contribution in [0.25, 0.3) is 11.0 Å². The molecule has 5 rings (SSSR count). The maximum Gasteiger partial charge on any atom is 0.266 e. The van der Waals surface area contributed by atoms with Crippen LogP contribution in [0.2, 0.25) is 0 Å². The highest BCUT2D eigenvalue weighted by atomic mass is 16.1. The van der Waals surface area contributed by atoms with Crippen LogP contribution in [0.1, 0.15) is 37.3 Å². The molecule has 0 N–H and O–H groups in total. The Kier molecular flexibility index (Phi) is 3.91. The summed E-state index contributed by atoms with van der Waals surface area (Å²) in [6.45, 7) is 2.55. The Bertz CT molecular complexity index is 1030. The van der Waals surface area contributed by atoms with E-state index in [4.69, 9.17) is 0 Å². The summed E-state index contributed by atoms with van der Waals surface area (Å²) in [5.41, 5.74) is 1.94. The molecule has 1 aliphatic heterocycles. The molecular weight excluding hydrogens is 342 g/mol. The molecule has 27 heavy (non-hydrogen) atoms. The molecule has 2 aliphatic rings. The van der Waals surface area contributed by atoms with Crippen molar-refractivity contribution in [3.8, 4) is 0 Å². The van der Waals surface area contributed by atoms with E-state index < -0.39 is 0 Å². The summed E-state index contributed by atoms with van der Waals surface area (Å²) in [5.74, 6) is 1.99. The third kappa shape index (κ3) is 3.09. The minimum atomic E-state index is 0.00898. The monoisotopic (exact) mass is 365 g/mol. The van der Waals surface area contributed by atoms with E-state index in [1.807, 2.05) is 19.3 Å². The summed E-state index contributed by atoms with van der Waals surface area (Å²) in [5, 5.41) is 9.90. The Morgan fingerprint density at radius 3 is 2.70 bits per heavy atom. The van der Waals surface area contributed by atoms with Crippen LogP contribution >= 0.6 is 0 Å². The fraction of sp³-hybridized carbons (Fsp3) is 0.526. The van der Waals surface area contributed by atoms with Crippen molar-refractivity contribution in [1.82, 2.24) is 29.5 Å². The van der Waals surface area contributed by atoms with Crippen LogP contribution in [0, 0.1) is 5.92 Å². The van der Waals surface area contributed by atoms with Crippen LogP contribution in [0.3, 0.4) is 0 Å². The number of hydrogen-bond acceptors (Lipinski definition) is 6. The topological polar surface area (TPSA) is 81.7 Å². The van der Waals surface area contributed by atoms with Crippen LogP contribution in [-0.4, -0.2) is 42.6 Å². The van der Waals surface area contributed by atoms with Crippen molar-refractivity contribution in [2.45, 2.75) is 38.1 Å². The van der Waals surface area contributed by atoms with Crippen molar-refractivity contribution in [1.29, 1.82) is 0 Å². The van der Waals surface area contributed by atoms with E-state index in [0.29, 0.717) is 18.4 Å². The quantitative estimate of drug-likeness (QED) is 0.700. The van der Waals surface area contributed by atoms with Crippen LogP contribution in [-0.2, 0) is 13.6 Å². The van der Waals surface area contributed by atoms with E-state index in [2.05, 4.69) is 25.1 Å². The molecule has 0 atom stereocenters. The Labute approximate surface area is 156 Å². The van der Waals surface area contributed by atoms with Gasteiger partial charge in [-0.05, 0) is 37.7 Å². The van der Waals surface area contributed by atoms with Crippen molar-refractivity contribution in [2.24, 2.45) is 13.0 Å². The fourth-order valence-corrected chi connectivity index (χ4v) is 3.97. The van der Waals surface area contributed by atoms with Crippen molar-refractivity contribution in [2.75, 3.05) is 18.0 Å². The lowest BCUT2D eigenvalue weighted by Crippen LogP contribution is -2.37. The first-order valence-corrected chi connectivity index (χ1v) is 9.65. The second kappa shape index (κ2) is 6.44. The number of aromatic nitrogens is 6. The van der Waals surface area contributed by atoms with E-state index in [-0.39, 0.29) is 5.56 Å². The summed E-state index contributed by atoms with van der Waals surface area (Å²) in [7, 11) is 1.89. The highest BCUT2D eigenvalue weighted by molar-refractivity contribution is 5.86. The van der Waals surface area contributed by atoms with Gasteiger partial charge in [-0.2, -0.15) is 10.2 Å². The number of fused-ring (bicyclic) bond motifs is 1. The molecule has 0 radical (unpaired) electrons. The number of anilines is 1. The molecule has 2 fully saturated rings. The molecular formula is C19H23N7O. The Morgan fingerprint density at radius 2 is 1.93 bits per heavy atom. The first kappa shape index (κ1) is 16.4. The van der Waals surface area contributed by atoms with Gasteiger partial charge in [0.25, 0.3) is 5.56 Å². The third-order valence-electron chi connectivity index (χ3n) is 5.74. The van der Waals surface area contributed by atoms with Gasteiger partial charge in [0.15, 0.2) is 5.65 Å². The van der Waals surface area contributed by atoms with E-state index in [9.17, 15) is 4.79 Å². The molecule has 3 aromatic heterocycles. The summed E-state index contributed by atoms with van der Waals surface area (Å²) in [4.78, 5) is 23.3. The van der Waals surface area contributed by atoms with E-state index >= 15 is 0 Å². The normalized spacial score (nSPS) is 18.3. The van der Waals surface area contributed by atoms with Crippen molar-refractivity contribution in [3.05, 3.63) is 40.7 Å². The van der Waals surface area contributed by atoms with Gasteiger partial charge in [0.2, 0.25) is 0 Å². The maximum absolute atomic E-state index is 12.2. The zero-order chi connectivity index (χ0) is 18.4. The first-order chi connectivity index (χ1) is 13.2. The second-order valence-electron chi connectivity index (χ2n) is 7.69. The van der Waals surface area contributed by atoms with Crippen LogP contribution in [0.5, 0.6) is 0 Å². The Morgan fingerprint density at radius 1 is 1.11 bits per heavy atom. The van der Waals surface area contributed by atoms with Gasteiger partial charge in [0, 0.05) is 38.7 Å². The van der Waals surface area contributed by atoms with Crippen LogP contribution < -0.4 is 10.5 Å². The lowest BCUT2D eigenvalue weighted by atomic mass is 9.96. The molecule has 1 saturated heterocycles. The van der Waals surface area contributed by atoms with E-state index in [1.165, 1.54) is 12.8 Å². The Hall–Kier alpha value is -2.77. The predicted octanol–water partition coefficient (Wildman–Crippen LogP) is 1.71. The molecule has 1 aliphatic carbocycles. The van der Waals surface area contributed by atoms with Gasteiger partial charge in [-0.15, -0.1) is 0 Å². The van der Waals surface area contributed by atoms with Gasteiger partial charge in [0.1, 0.15) is 12.1 Å². The summed E-state index contributed by atoms with van der Waals surface area (Å²) < 4.78 is 3.45. The van der Waals surface area contributed by atoms with Gasteiger partial charge < -0.3 is 4.90 Å². The van der Waals surface area contributed by atoms with Crippen molar-refractivity contribution >= 4 is 16.9 Å². The van der Waals surface area contributed by atoms with Gasteiger partial charge in [-0.1, -0.05) is 0 Å². The predicted molar refractivity (Wildman–Crippen MR) is 102 cm³/mol. The molecule has 0 spiro atoms. The molecule has 1 saturated carbocycles. The standard InChI is InChI=1S/C19H23N7O/c1-24-18-15(10-22-24)19(21-12-20-18)25-8-6-13(7-9-25)11-26-17(27)5-4-16(23-26)14-2-3-14/h4-5,10,12-14H,2-3,6-9,11H2,1H3. The first-order valence-electron chi connectivity index (χ1n) is 9.65. The Balaban J connectivity index is 1.29. The molecule has 8 heteroatoms. The highest BCUT2D eigenvalue weighted by Gasteiger charge is 2.27. The lowest BCUT2D eigenvalue weighted by molar-refractivity contribution is 0.333. The third-order valence-corrected chi connectivity index (χ3v) is 5.74. The molecule has 0 amide bonds. The molecule has 8 nitrogen and oxygen atoms in total. The maximum atomic E-state index is 12.2. The molecule has 3 aromatic rings. The minimum Gasteiger partial charge on any atom is -0.356 e. The highest BCUT2D eigenvalue weighted by Crippen LogP contribution is 2.38. The number of rotatable bonds is 4. The fourth-order valence-electron chi connectivity index (χ4n) is 3.97. The molecule has 0 aromatic carbocycles. The average molecular weight is 365 g/mol. The zero-order valence-electron chi connectivity index (χ0n) is 15.5. The summed E-state index contributed by atoms with van der Waals surface area (Å²) in [6.07, 6.45) is 7.89. The molecule has 140 valence electrons. The largest absolute Gasteiger partial charge is 0.356 e. The zero-order valence-corrected chi connectivity index (χ0v) is 15.5. The van der Waals surface area contributed by atoms with Crippen LogP contribution in [0.15, 0.2) is 29.5 Å². The van der Waals surface area contributed by atoms with Gasteiger partial charge in [-0.3, -0.25) is 9.48 Å². The lowest BCUT2D eigenvalue weighted by Gasteiger charge is -2.33. The van der Waals surface area contributed by atoms with E-state index in [1.54, 1.807) is 21.8 Å². The SMILES string of the molecule is Cn1ncc2c(N3CCC(Cn4nc(C5CC5)ccc4=O)CC3)ncnc21. The number of hydrogen-bond donors (Lipinski definition) is 0.